The van der Waals surface area contributed by atoms with Gasteiger partial charge in [0.1, 0.15) is 0 Å². The number of thioether (sulfide) groups is 1. The van der Waals surface area contributed by atoms with Crippen molar-refractivity contribution in [1.29, 1.82) is 0 Å². The zero-order valence-electron chi connectivity index (χ0n) is 13.8. The van der Waals surface area contributed by atoms with Gasteiger partial charge in [0.15, 0.2) is 5.82 Å². The molecule has 0 aliphatic heterocycles. The SMILES string of the molecule is O=C([O-])/C(=C\c1c[nH]c2ccccc12)Sc1n[nH]c(-c2ccc(Cl)cc2)n1. The van der Waals surface area contributed by atoms with E-state index in [0.717, 1.165) is 33.8 Å². The summed E-state index contributed by atoms with van der Waals surface area (Å²) in [5.41, 5.74) is 2.48. The van der Waals surface area contributed by atoms with Gasteiger partial charge in [-0.15, -0.1) is 5.10 Å². The number of aliphatic carboxylic acids is 1. The molecule has 0 radical (unpaired) electrons. The molecule has 0 unspecified atom stereocenters. The molecule has 8 heteroatoms. The van der Waals surface area contributed by atoms with Gasteiger partial charge in [0.05, 0.1) is 5.97 Å². The molecule has 0 aliphatic carbocycles. The van der Waals surface area contributed by atoms with Crippen LogP contribution in [0.25, 0.3) is 28.4 Å². The van der Waals surface area contributed by atoms with Crippen LogP contribution in [0.2, 0.25) is 5.02 Å². The molecule has 0 aliphatic rings. The van der Waals surface area contributed by atoms with Crippen LogP contribution in [0.5, 0.6) is 0 Å². The second-order valence-corrected chi connectivity index (χ2v) is 7.11. The van der Waals surface area contributed by atoms with Crippen molar-refractivity contribution in [2.45, 2.75) is 5.16 Å². The van der Waals surface area contributed by atoms with Crippen LogP contribution in [0.1, 0.15) is 5.56 Å². The van der Waals surface area contributed by atoms with E-state index in [1.165, 1.54) is 0 Å². The number of carbonyl (C=O) groups excluding carboxylic acids is 1. The number of rotatable bonds is 5. The van der Waals surface area contributed by atoms with Gasteiger partial charge in [0.25, 0.3) is 0 Å². The van der Waals surface area contributed by atoms with Crippen LogP contribution in [0.4, 0.5) is 0 Å². The van der Waals surface area contributed by atoms with E-state index in [2.05, 4.69) is 20.2 Å². The summed E-state index contributed by atoms with van der Waals surface area (Å²) in [6.07, 6.45) is 3.31. The number of carbonyl (C=O) groups is 1. The topological polar surface area (TPSA) is 97.5 Å². The average Bonchev–Trinajstić information content (AvgIpc) is 3.29. The van der Waals surface area contributed by atoms with Gasteiger partial charge < -0.3 is 14.9 Å². The van der Waals surface area contributed by atoms with Crippen molar-refractivity contribution in [2.75, 3.05) is 0 Å². The molecular formula is C19H12ClN4O2S-. The lowest BCUT2D eigenvalue weighted by Gasteiger charge is -2.05. The Morgan fingerprint density at radius 2 is 1.93 bits per heavy atom. The van der Waals surface area contributed by atoms with Crippen molar-refractivity contribution in [1.82, 2.24) is 20.2 Å². The number of carboxylic acid groups (broad SMARTS) is 1. The molecule has 134 valence electrons. The first-order valence-electron chi connectivity index (χ1n) is 7.95. The molecule has 27 heavy (non-hydrogen) atoms. The van der Waals surface area contributed by atoms with Gasteiger partial charge in [-0.05, 0) is 48.2 Å². The largest absolute Gasteiger partial charge is 0.544 e. The summed E-state index contributed by atoms with van der Waals surface area (Å²) in [6.45, 7) is 0. The molecule has 4 aromatic rings. The Morgan fingerprint density at radius 3 is 2.70 bits per heavy atom. The Labute approximate surface area is 163 Å². The molecule has 0 bridgehead atoms. The summed E-state index contributed by atoms with van der Waals surface area (Å²) in [6, 6.07) is 14.7. The summed E-state index contributed by atoms with van der Waals surface area (Å²) in [4.78, 5) is 19.1. The van der Waals surface area contributed by atoms with Crippen LogP contribution in [0.15, 0.2) is 64.8 Å². The summed E-state index contributed by atoms with van der Waals surface area (Å²) in [5, 5.41) is 20.3. The molecule has 0 saturated carbocycles. The highest BCUT2D eigenvalue weighted by Crippen LogP contribution is 2.29. The smallest absolute Gasteiger partial charge is 0.213 e. The number of nitrogens with zero attached hydrogens (tertiary/aromatic N) is 2. The number of carboxylic acids is 1. The number of halogens is 1. The lowest BCUT2D eigenvalue weighted by Crippen LogP contribution is -2.23. The lowest BCUT2D eigenvalue weighted by atomic mass is 10.1. The first kappa shape index (κ1) is 17.4. The third-order valence-corrected chi connectivity index (χ3v) is 5.01. The summed E-state index contributed by atoms with van der Waals surface area (Å²) >= 11 is 6.81. The molecule has 0 saturated heterocycles. The Kier molecular flexibility index (Phi) is 4.70. The van der Waals surface area contributed by atoms with Gasteiger partial charge in [-0.2, -0.15) is 0 Å². The summed E-state index contributed by atoms with van der Waals surface area (Å²) < 4.78 is 0. The van der Waals surface area contributed by atoms with Crippen molar-refractivity contribution in [3.8, 4) is 11.4 Å². The minimum atomic E-state index is -1.29. The highest BCUT2D eigenvalue weighted by atomic mass is 35.5. The van der Waals surface area contributed by atoms with Crippen molar-refractivity contribution >= 4 is 46.3 Å². The monoisotopic (exact) mass is 395 g/mol. The normalized spacial score (nSPS) is 11.8. The molecule has 2 aromatic heterocycles. The summed E-state index contributed by atoms with van der Waals surface area (Å²) in [5.74, 6) is -0.762. The number of benzene rings is 2. The van der Waals surface area contributed by atoms with Gasteiger partial charge in [0, 0.05) is 38.2 Å². The van der Waals surface area contributed by atoms with Gasteiger partial charge in [-0.25, -0.2) is 4.98 Å². The first-order chi connectivity index (χ1) is 13.1. The number of H-pyrrole nitrogens is 2. The fraction of sp³-hybridized carbons (Fsp3) is 0. The molecule has 4 rings (SSSR count). The number of hydrogen-bond acceptors (Lipinski definition) is 5. The number of hydrogen-bond donors (Lipinski definition) is 2. The van der Waals surface area contributed by atoms with Crippen LogP contribution in [0.3, 0.4) is 0 Å². The Bertz CT molecular complexity index is 1150. The van der Waals surface area contributed by atoms with E-state index in [1.807, 2.05) is 24.3 Å². The highest BCUT2D eigenvalue weighted by molar-refractivity contribution is 8.04. The van der Waals surface area contributed by atoms with E-state index in [1.54, 1.807) is 36.5 Å². The van der Waals surface area contributed by atoms with E-state index in [0.29, 0.717) is 10.8 Å². The summed E-state index contributed by atoms with van der Waals surface area (Å²) in [7, 11) is 0. The third kappa shape index (κ3) is 3.74. The molecule has 2 N–H and O–H groups in total. The minimum Gasteiger partial charge on any atom is -0.544 e. The molecule has 0 fully saturated rings. The second-order valence-electron chi connectivity index (χ2n) is 5.66. The first-order valence-corrected chi connectivity index (χ1v) is 9.15. The van der Waals surface area contributed by atoms with E-state index in [-0.39, 0.29) is 10.1 Å². The van der Waals surface area contributed by atoms with Gasteiger partial charge in [0.2, 0.25) is 5.16 Å². The Morgan fingerprint density at radius 1 is 1.15 bits per heavy atom. The number of para-hydroxylation sites is 1. The Balaban J connectivity index is 1.63. The number of aromatic amines is 2. The van der Waals surface area contributed by atoms with Crippen molar-refractivity contribution in [2.24, 2.45) is 0 Å². The Hall–Kier alpha value is -3.03. The average molecular weight is 396 g/mol. The lowest BCUT2D eigenvalue weighted by molar-refractivity contribution is -0.297. The van der Waals surface area contributed by atoms with Crippen molar-refractivity contribution < 1.29 is 9.90 Å². The van der Waals surface area contributed by atoms with Crippen LogP contribution in [0, 0.1) is 0 Å². The van der Waals surface area contributed by atoms with Gasteiger partial charge >= 0.3 is 0 Å². The number of aromatic nitrogens is 4. The molecular weight excluding hydrogens is 384 g/mol. The number of fused-ring (bicyclic) bond motifs is 1. The quantitative estimate of drug-likeness (QED) is 0.398. The standard InChI is InChI=1S/C19H13ClN4O2S/c20-13-7-5-11(6-8-13)17-22-19(24-23-17)27-16(18(25)26)9-12-10-21-15-4-2-1-3-14(12)15/h1-10,21H,(H,25,26)(H,22,23,24)/p-1/b16-9+. The van der Waals surface area contributed by atoms with Crippen LogP contribution in [-0.2, 0) is 4.79 Å². The second kappa shape index (κ2) is 7.30. The molecule has 0 atom stereocenters. The predicted molar refractivity (Wildman–Crippen MR) is 104 cm³/mol. The van der Waals surface area contributed by atoms with E-state index in [9.17, 15) is 9.90 Å². The molecule has 2 aromatic carbocycles. The zero-order valence-corrected chi connectivity index (χ0v) is 15.3. The highest BCUT2D eigenvalue weighted by Gasteiger charge is 2.11. The van der Waals surface area contributed by atoms with Crippen LogP contribution < -0.4 is 5.11 Å². The van der Waals surface area contributed by atoms with E-state index in [4.69, 9.17) is 11.6 Å². The van der Waals surface area contributed by atoms with Crippen molar-refractivity contribution in [3.05, 3.63) is 70.2 Å². The fourth-order valence-corrected chi connectivity index (χ4v) is 3.43. The van der Waals surface area contributed by atoms with Gasteiger partial charge in [-0.1, -0.05) is 29.8 Å². The minimum absolute atomic E-state index is 0.0152. The zero-order chi connectivity index (χ0) is 18.8. The third-order valence-electron chi connectivity index (χ3n) is 3.89. The van der Waals surface area contributed by atoms with Crippen LogP contribution in [-0.4, -0.2) is 26.1 Å². The van der Waals surface area contributed by atoms with Crippen LogP contribution >= 0.6 is 23.4 Å². The van der Waals surface area contributed by atoms with E-state index >= 15 is 0 Å². The molecule has 0 spiro atoms. The predicted octanol–water partition coefficient (Wildman–Crippen LogP) is 3.49. The molecule has 6 nitrogen and oxygen atoms in total. The maximum Gasteiger partial charge on any atom is 0.213 e. The fourth-order valence-electron chi connectivity index (χ4n) is 2.61. The number of nitrogens with one attached hydrogen (secondary N) is 2. The van der Waals surface area contributed by atoms with Gasteiger partial charge in [-0.3, -0.25) is 5.10 Å². The maximum atomic E-state index is 11.6. The maximum absolute atomic E-state index is 11.6. The van der Waals surface area contributed by atoms with E-state index < -0.39 is 5.97 Å². The molecule has 2 heterocycles. The van der Waals surface area contributed by atoms with Crippen molar-refractivity contribution in [3.63, 3.8) is 0 Å². The molecule has 0 amide bonds.